The minimum absolute atomic E-state index is 0.0191. The van der Waals surface area contributed by atoms with Crippen molar-refractivity contribution in [2.75, 3.05) is 11.9 Å². The summed E-state index contributed by atoms with van der Waals surface area (Å²) in [5, 5.41) is 7.92. The van der Waals surface area contributed by atoms with Gasteiger partial charge in [-0.25, -0.2) is 0 Å². The quantitative estimate of drug-likeness (QED) is 0.257. The number of rotatable bonds is 15. The Hall–Kier alpha value is -3.23. The van der Waals surface area contributed by atoms with Crippen molar-refractivity contribution in [3.05, 3.63) is 29.8 Å². The number of hydrogen-bond acceptors (Lipinski definition) is 6. The first kappa shape index (κ1) is 29.8. The summed E-state index contributed by atoms with van der Waals surface area (Å²) >= 11 is 0. The van der Waals surface area contributed by atoms with E-state index in [1.54, 1.807) is 45.0 Å². The van der Waals surface area contributed by atoms with Crippen molar-refractivity contribution in [1.29, 1.82) is 0 Å². The molecule has 0 saturated carbocycles. The van der Waals surface area contributed by atoms with Crippen LogP contribution in [0.2, 0.25) is 0 Å². The first-order valence-corrected chi connectivity index (χ1v) is 12.0. The second kappa shape index (κ2) is 14.9. The Bertz CT molecular complexity index is 866. The average Bonchev–Trinajstić information content (AvgIpc) is 2.80. The highest BCUT2D eigenvalue weighted by atomic mass is 16.5. The van der Waals surface area contributed by atoms with Crippen LogP contribution in [-0.2, 0) is 35.3 Å². The number of carbonyl (C=O) groups is 5. The van der Waals surface area contributed by atoms with E-state index in [4.69, 9.17) is 4.74 Å². The molecule has 1 aromatic rings. The monoisotopic (exact) mass is 489 g/mol. The van der Waals surface area contributed by atoms with Gasteiger partial charge < -0.3 is 20.7 Å². The maximum absolute atomic E-state index is 12.8. The van der Waals surface area contributed by atoms with Gasteiger partial charge in [0.25, 0.3) is 0 Å². The summed E-state index contributed by atoms with van der Waals surface area (Å²) in [7, 11) is 0. The van der Waals surface area contributed by atoms with Gasteiger partial charge in [-0.1, -0.05) is 46.8 Å². The van der Waals surface area contributed by atoms with E-state index < -0.39 is 17.9 Å². The number of benzene rings is 1. The number of anilines is 1. The van der Waals surface area contributed by atoms with Crippen molar-refractivity contribution in [2.24, 2.45) is 23.7 Å². The minimum atomic E-state index is -0.813. The molecule has 3 N–H and O–H groups in total. The summed E-state index contributed by atoms with van der Waals surface area (Å²) < 4.78 is 5.18. The third kappa shape index (κ3) is 11.2. The molecule has 1 aromatic carbocycles. The maximum atomic E-state index is 12.8. The van der Waals surface area contributed by atoms with Crippen LogP contribution >= 0.6 is 0 Å². The molecule has 9 heteroatoms. The molecule has 0 radical (unpaired) electrons. The van der Waals surface area contributed by atoms with E-state index >= 15 is 0 Å². The predicted octanol–water partition coefficient (Wildman–Crippen LogP) is 2.83. The summed E-state index contributed by atoms with van der Waals surface area (Å²) in [6.45, 7) is 11.1. The molecule has 0 heterocycles. The number of carbonyl (C=O) groups excluding carboxylic acids is 5. The second-order valence-corrected chi connectivity index (χ2v) is 9.60. The molecule has 3 atom stereocenters. The topological polar surface area (TPSA) is 131 Å². The highest BCUT2D eigenvalue weighted by molar-refractivity contribution is 5.97. The summed E-state index contributed by atoms with van der Waals surface area (Å²) in [6.07, 6.45) is 1.03. The van der Waals surface area contributed by atoms with Crippen molar-refractivity contribution in [3.8, 4) is 0 Å². The molecule has 0 aliphatic heterocycles. The molecule has 0 fully saturated rings. The molecule has 0 unspecified atom stereocenters. The number of Topliss-reactive ketones (excluding diaryl/α,β-unsaturated/α-hetero) is 1. The van der Waals surface area contributed by atoms with E-state index in [1.807, 2.05) is 20.8 Å². The number of hydrogen-bond donors (Lipinski definition) is 3. The normalized spacial score (nSPS) is 13.5. The Morgan fingerprint density at radius 3 is 2.11 bits per heavy atom. The second-order valence-electron chi connectivity index (χ2n) is 9.60. The van der Waals surface area contributed by atoms with Crippen LogP contribution in [0, 0.1) is 23.7 Å². The molecule has 0 aliphatic carbocycles. The third-order valence-corrected chi connectivity index (χ3v) is 5.45. The molecule has 0 saturated heterocycles. The van der Waals surface area contributed by atoms with Gasteiger partial charge in [0, 0.05) is 24.6 Å². The van der Waals surface area contributed by atoms with Crippen molar-refractivity contribution in [1.82, 2.24) is 10.6 Å². The fourth-order valence-corrected chi connectivity index (χ4v) is 3.37. The molecule has 3 amide bonds. The molecular weight excluding hydrogens is 450 g/mol. The van der Waals surface area contributed by atoms with Gasteiger partial charge in [0.2, 0.25) is 18.2 Å². The van der Waals surface area contributed by atoms with E-state index in [1.165, 1.54) is 0 Å². The van der Waals surface area contributed by atoms with Crippen molar-refractivity contribution in [2.45, 2.75) is 67.0 Å². The average molecular weight is 490 g/mol. The van der Waals surface area contributed by atoms with Gasteiger partial charge in [-0.2, -0.15) is 0 Å². The predicted molar refractivity (Wildman–Crippen MR) is 133 cm³/mol. The molecule has 0 aliphatic rings. The fraction of sp³-hybridized carbons (Fsp3) is 0.577. The summed E-state index contributed by atoms with van der Waals surface area (Å²) in [4.78, 5) is 60.3. The van der Waals surface area contributed by atoms with Gasteiger partial charge >= 0.3 is 5.97 Å². The third-order valence-electron chi connectivity index (χ3n) is 5.45. The van der Waals surface area contributed by atoms with Crippen LogP contribution in [0.4, 0.5) is 5.69 Å². The lowest BCUT2D eigenvalue weighted by Crippen LogP contribution is -2.43. The molecule has 0 bridgehead atoms. The molecule has 9 nitrogen and oxygen atoms in total. The maximum Gasteiger partial charge on any atom is 0.308 e. The zero-order valence-corrected chi connectivity index (χ0v) is 21.6. The van der Waals surface area contributed by atoms with Crippen molar-refractivity contribution < 1.29 is 28.7 Å². The van der Waals surface area contributed by atoms with Crippen LogP contribution in [0.5, 0.6) is 0 Å². The van der Waals surface area contributed by atoms with Crippen LogP contribution in [0.25, 0.3) is 0 Å². The lowest BCUT2D eigenvalue weighted by molar-refractivity contribution is -0.148. The van der Waals surface area contributed by atoms with Gasteiger partial charge in [0.1, 0.15) is 6.61 Å². The largest absolute Gasteiger partial charge is 0.461 e. The molecule has 0 spiro atoms. The molecule has 194 valence electrons. The summed E-state index contributed by atoms with van der Waals surface area (Å²) in [6, 6.07) is 6.03. The number of amides is 3. The number of nitrogens with one attached hydrogen (secondary N) is 3. The van der Waals surface area contributed by atoms with Gasteiger partial charge in [0.15, 0.2) is 5.78 Å². The Morgan fingerprint density at radius 1 is 0.943 bits per heavy atom. The van der Waals surface area contributed by atoms with Crippen LogP contribution in [-0.4, -0.2) is 42.6 Å². The van der Waals surface area contributed by atoms with E-state index in [0.29, 0.717) is 24.4 Å². The van der Waals surface area contributed by atoms with Crippen molar-refractivity contribution in [3.63, 3.8) is 0 Å². The number of esters is 1. The first-order valence-electron chi connectivity index (χ1n) is 12.0. The van der Waals surface area contributed by atoms with Gasteiger partial charge in [0.05, 0.1) is 17.9 Å². The van der Waals surface area contributed by atoms with Crippen LogP contribution < -0.4 is 16.0 Å². The van der Waals surface area contributed by atoms with Crippen molar-refractivity contribution >= 4 is 35.7 Å². The Morgan fingerprint density at radius 2 is 1.57 bits per heavy atom. The zero-order chi connectivity index (χ0) is 26.5. The highest BCUT2D eigenvalue weighted by Crippen LogP contribution is 2.15. The lowest BCUT2D eigenvalue weighted by Gasteiger charge is -2.21. The van der Waals surface area contributed by atoms with E-state index in [2.05, 4.69) is 16.0 Å². The first-order chi connectivity index (χ1) is 16.4. The Balaban J connectivity index is 2.72. The van der Waals surface area contributed by atoms with Gasteiger partial charge in [-0.05, 0) is 37.0 Å². The van der Waals surface area contributed by atoms with Crippen LogP contribution in [0.1, 0.15) is 59.9 Å². The summed E-state index contributed by atoms with van der Waals surface area (Å²) in [5.74, 6) is -2.13. The number of ketones is 1. The molecule has 0 aromatic heterocycles. The smallest absolute Gasteiger partial charge is 0.308 e. The summed E-state index contributed by atoms with van der Waals surface area (Å²) in [5.41, 5.74) is 1.27. The highest BCUT2D eigenvalue weighted by Gasteiger charge is 2.26. The van der Waals surface area contributed by atoms with E-state index in [-0.39, 0.29) is 49.1 Å². The SMILES string of the molecule is CC(C)C[C@@H](C)C(=O)N[C@@H](C)C(=O)C[C@@H](CNC=O)C(=O)Nc1ccc(COC(=O)C(C)C)cc1. The van der Waals surface area contributed by atoms with Crippen LogP contribution in [0.15, 0.2) is 24.3 Å². The molecular formula is C26H39N3O6. The number of ether oxygens (including phenoxy) is 1. The fourth-order valence-electron chi connectivity index (χ4n) is 3.37. The Labute approximate surface area is 207 Å². The van der Waals surface area contributed by atoms with E-state index in [9.17, 15) is 24.0 Å². The molecule has 35 heavy (non-hydrogen) atoms. The minimum Gasteiger partial charge on any atom is -0.461 e. The lowest BCUT2D eigenvalue weighted by atomic mass is 9.96. The standard InChI is InChI=1S/C26H39N3O6/c1-16(2)11-18(5)24(32)28-19(6)23(31)12-21(13-27-15-30)25(33)29-22-9-7-20(8-10-22)14-35-26(34)17(3)4/h7-10,15-19,21H,11-14H2,1-6H3,(H,27,30)(H,28,32)(H,29,33)/t18-,19+,21+/m1/s1. The van der Waals surface area contributed by atoms with Gasteiger partial charge in [-0.3, -0.25) is 24.0 Å². The van der Waals surface area contributed by atoms with Crippen LogP contribution in [0.3, 0.4) is 0 Å². The zero-order valence-electron chi connectivity index (χ0n) is 21.6. The Kier molecular flexibility index (Phi) is 12.7. The van der Waals surface area contributed by atoms with Gasteiger partial charge in [-0.15, -0.1) is 0 Å². The van der Waals surface area contributed by atoms with E-state index in [0.717, 1.165) is 5.56 Å². The molecule has 1 rings (SSSR count).